The van der Waals surface area contributed by atoms with Gasteiger partial charge in [-0.3, -0.25) is 9.69 Å². The molecule has 1 aliphatic heterocycles. The van der Waals surface area contributed by atoms with E-state index >= 15 is 0 Å². The molecule has 7 heteroatoms. The van der Waals surface area contributed by atoms with Gasteiger partial charge in [-0.15, -0.1) is 0 Å². The van der Waals surface area contributed by atoms with Crippen LogP contribution < -0.4 is 5.32 Å². The molecule has 0 unspecified atom stereocenters. The lowest BCUT2D eigenvalue weighted by Crippen LogP contribution is -2.38. The molecule has 1 aliphatic rings. The topological polar surface area (TPSA) is 74.4 Å². The number of para-hydroxylation sites is 1. The number of rotatable bonds is 4. The molecule has 2 heterocycles. The van der Waals surface area contributed by atoms with Crippen molar-refractivity contribution in [3.05, 3.63) is 30.0 Å². The van der Waals surface area contributed by atoms with Gasteiger partial charge in [0.05, 0.1) is 19.3 Å². The molecule has 1 saturated heterocycles. The molecule has 1 fully saturated rings. The molecule has 0 spiro atoms. The second kappa shape index (κ2) is 7.06. The van der Waals surface area contributed by atoms with E-state index in [9.17, 15) is 9.59 Å². The molecule has 6 nitrogen and oxygen atoms in total. The molecule has 1 aromatic carbocycles. The Bertz CT molecular complexity index is 722. The summed E-state index contributed by atoms with van der Waals surface area (Å²) in [6.45, 7) is 2.16. The normalized spacial score (nSPS) is 15.5. The number of aromatic amines is 1. The Morgan fingerprint density at radius 2 is 2.04 bits per heavy atom. The smallest absolute Gasteiger partial charge is 0.356 e. The van der Waals surface area contributed by atoms with Gasteiger partial charge in [-0.05, 0) is 6.07 Å². The van der Waals surface area contributed by atoms with E-state index in [2.05, 4.69) is 15.2 Å². The number of amides is 1. The number of carbonyl (C=O) groups excluding carboxylic acids is 2. The maximum atomic E-state index is 12.4. The fraction of sp³-hybridized carbons (Fsp3) is 0.375. The highest BCUT2D eigenvalue weighted by Crippen LogP contribution is 2.28. The van der Waals surface area contributed by atoms with Crippen LogP contribution in [-0.4, -0.2) is 60.0 Å². The van der Waals surface area contributed by atoms with Gasteiger partial charge in [0, 0.05) is 35.5 Å². The highest BCUT2D eigenvalue weighted by molar-refractivity contribution is 7.99. The highest BCUT2D eigenvalue weighted by Gasteiger charge is 2.21. The summed E-state index contributed by atoms with van der Waals surface area (Å²) in [6, 6.07) is 7.47. The predicted octanol–water partition coefficient (Wildman–Crippen LogP) is 1.94. The number of esters is 1. The largest absolute Gasteiger partial charge is 0.464 e. The van der Waals surface area contributed by atoms with Crippen LogP contribution in [0.5, 0.6) is 0 Å². The third-order valence-corrected chi connectivity index (χ3v) is 4.77. The Morgan fingerprint density at radius 3 is 2.78 bits per heavy atom. The second-order valence-corrected chi connectivity index (χ2v) is 6.57. The van der Waals surface area contributed by atoms with E-state index in [1.165, 1.54) is 7.11 Å². The quantitative estimate of drug-likeness (QED) is 0.837. The first-order chi connectivity index (χ1) is 11.2. The van der Waals surface area contributed by atoms with Crippen molar-refractivity contribution in [2.45, 2.75) is 0 Å². The number of nitrogens with one attached hydrogen (secondary N) is 2. The van der Waals surface area contributed by atoms with Crippen molar-refractivity contribution in [3.63, 3.8) is 0 Å². The van der Waals surface area contributed by atoms with E-state index < -0.39 is 5.97 Å². The first-order valence-electron chi connectivity index (χ1n) is 7.48. The SMILES string of the molecule is COC(=O)c1[nH]c2ccccc2c1NC(=O)CN1CCSCC1. The lowest BCUT2D eigenvalue weighted by molar-refractivity contribution is -0.117. The van der Waals surface area contributed by atoms with Gasteiger partial charge in [0.15, 0.2) is 0 Å². The summed E-state index contributed by atoms with van der Waals surface area (Å²) < 4.78 is 4.80. The van der Waals surface area contributed by atoms with Crippen molar-refractivity contribution >= 4 is 40.2 Å². The molecule has 1 amide bonds. The minimum Gasteiger partial charge on any atom is -0.464 e. The summed E-state index contributed by atoms with van der Waals surface area (Å²) in [5.41, 5.74) is 1.55. The van der Waals surface area contributed by atoms with Crippen LogP contribution in [0.2, 0.25) is 0 Å². The standard InChI is InChI=1S/C16H19N3O3S/c1-22-16(21)15-14(11-4-2-3-5-12(11)17-15)18-13(20)10-19-6-8-23-9-7-19/h2-5,17H,6-10H2,1H3,(H,18,20). The fourth-order valence-corrected chi connectivity index (χ4v) is 3.65. The van der Waals surface area contributed by atoms with E-state index in [0.717, 1.165) is 35.5 Å². The van der Waals surface area contributed by atoms with E-state index in [1.54, 1.807) is 0 Å². The number of methoxy groups -OCH3 is 1. The first-order valence-corrected chi connectivity index (χ1v) is 8.63. The number of nitrogens with zero attached hydrogens (tertiary/aromatic N) is 1. The molecule has 0 saturated carbocycles. The fourth-order valence-electron chi connectivity index (χ4n) is 2.67. The van der Waals surface area contributed by atoms with Crippen LogP contribution in [0.1, 0.15) is 10.5 Å². The monoisotopic (exact) mass is 333 g/mol. The zero-order chi connectivity index (χ0) is 16.2. The molecule has 0 bridgehead atoms. The molecule has 23 heavy (non-hydrogen) atoms. The number of hydrogen-bond acceptors (Lipinski definition) is 5. The molecular weight excluding hydrogens is 314 g/mol. The van der Waals surface area contributed by atoms with E-state index in [0.29, 0.717) is 12.2 Å². The van der Waals surface area contributed by atoms with Gasteiger partial charge in [0.2, 0.25) is 5.91 Å². The van der Waals surface area contributed by atoms with Gasteiger partial charge >= 0.3 is 5.97 Å². The molecular formula is C16H19N3O3S. The van der Waals surface area contributed by atoms with Gasteiger partial charge in [-0.2, -0.15) is 11.8 Å². The number of H-pyrrole nitrogens is 1. The lowest BCUT2D eigenvalue weighted by Gasteiger charge is -2.25. The number of anilines is 1. The lowest BCUT2D eigenvalue weighted by atomic mass is 10.2. The number of benzene rings is 1. The van der Waals surface area contributed by atoms with Crippen LogP contribution in [0.25, 0.3) is 10.9 Å². The van der Waals surface area contributed by atoms with Crippen LogP contribution >= 0.6 is 11.8 Å². The highest BCUT2D eigenvalue weighted by atomic mass is 32.2. The summed E-state index contributed by atoms with van der Waals surface area (Å²) in [6.07, 6.45) is 0. The van der Waals surface area contributed by atoms with Crippen molar-refractivity contribution in [2.75, 3.05) is 43.6 Å². The summed E-state index contributed by atoms with van der Waals surface area (Å²) in [7, 11) is 1.32. The molecule has 2 aromatic rings. The van der Waals surface area contributed by atoms with Gasteiger partial charge in [0.1, 0.15) is 5.69 Å². The van der Waals surface area contributed by atoms with E-state index in [4.69, 9.17) is 4.74 Å². The molecule has 0 atom stereocenters. The van der Waals surface area contributed by atoms with Gasteiger partial charge in [0.25, 0.3) is 0 Å². The van der Waals surface area contributed by atoms with Gasteiger partial charge in [-0.1, -0.05) is 18.2 Å². The van der Waals surface area contributed by atoms with Gasteiger partial charge < -0.3 is 15.0 Å². The second-order valence-electron chi connectivity index (χ2n) is 5.35. The minimum atomic E-state index is -0.495. The molecule has 0 radical (unpaired) electrons. The number of ether oxygens (including phenoxy) is 1. The Kier molecular flexibility index (Phi) is 4.88. The van der Waals surface area contributed by atoms with Crippen LogP contribution in [0.15, 0.2) is 24.3 Å². The van der Waals surface area contributed by atoms with Crippen molar-refractivity contribution in [2.24, 2.45) is 0 Å². The maximum absolute atomic E-state index is 12.4. The zero-order valence-corrected chi connectivity index (χ0v) is 13.7. The van der Waals surface area contributed by atoms with Gasteiger partial charge in [-0.25, -0.2) is 4.79 Å². The van der Waals surface area contributed by atoms with Crippen molar-refractivity contribution in [3.8, 4) is 0 Å². The number of fused-ring (bicyclic) bond motifs is 1. The number of aromatic nitrogens is 1. The summed E-state index contributed by atoms with van der Waals surface area (Å²) in [5, 5.41) is 3.68. The number of thioether (sulfide) groups is 1. The average Bonchev–Trinajstić information content (AvgIpc) is 2.94. The summed E-state index contributed by atoms with van der Waals surface area (Å²) >= 11 is 1.90. The van der Waals surface area contributed by atoms with Crippen molar-refractivity contribution < 1.29 is 14.3 Å². The Labute approximate surface area is 138 Å². The Balaban J connectivity index is 1.82. The van der Waals surface area contributed by atoms with Crippen molar-refractivity contribution in [1.29, 1.82) is 0 Å². The molecule has 1 aromatic heterocycles. The number of hydrogen-bond donors (Lipinski definition) is 2. The Hall–Kier alpha value is -1.99. The van der Waals surface area contributed by atoms with Crippen molar-refractivity contribution in [1.82, 2.24) is 9.88 Å². The third kappa shape index (κ3) is 3.51. The van der Waals surface area contributed by atoms with Crippen LogP contribution in [0.3, 0.4) is 0 Å². The Morgan fingerprint density at radius 1 is 1.30 bits per heavy atom. The first kappa shape index (κ1) is 15.9. The van der Waals surface area contributed by atoms with E-state index in [-0.39, 0.29) is 11.6 Å². The van der Waals surface area contributed by atoms with Crippen LogP contribution in [-0.2, 0) is 9.53 Å². The minimum absolute atomic E-state index is 0.119. The average molecular weight is 333 g/mol. The summed E-state index contributed by atoms with van der Waals surface area (Å²) in [4.78, 5) is 29.5. The maximum Gasteiger partial charge on any atom is 0.356 e. The van der Waals surface area contributed by atoms with Crippen LogP contribution in [0.4, 0.5) is 5.69 Å². The third-order valence-electron chi connectivity index (χ3n) is 3.83. The molecule has 2 N–H and O–H groups in total. The molecule has 0 aliphatic carbocycles. The van der Waals surface area contributed by atoms with E-state index in [1.807, 2.05) is 36.0 Å². The molecule has 3 rings (SSSR count). The number of carbonyl (C=O) groups is 2. The zero-order valence-electron chi connectivity index (χ0n) is 12.9. The van der Waals surface area contributed by atoms with Crippen LogP contribution in [0, 0.1) is 0 Å². The molecule has 122 valence electrons. The predicted molar refractivity (Wildman–Crippen MR) is 92.0 cm³/mol. The summed E-state index contributed by atoms with van der Waals surface area (Å²) in [5.74, 6) is 1.49.